The number of aromatic nitrogens is 2. The monoisotopic (exact) mass is 545 g/mol. The maximum absolute atomic E-state index is 13.6. The summed E-state index contributed by atoms with van der Waals surface area (Å²) in [4.78, 5) is 0.978. The smallest absolute Gasteiger partial charge is 0.194 e. The Morgan fingerprint density at radius 3 is 2.67 bits per heavy atom. The van der Waals surface area contributed by atoms with E-state index in [0.29, 0.717) is 18.7 Å². The van der Waals surface area contributed by atoms with E-state index in [-0.39, 0.29) is 23.2 Å². The minimum Gasteiger partial charge on any atom is -0.385 e. The first kappa shape index (κ1) is 24.3. The molecular weight excluding hydrogens is 523 g/mol. The largest absolute Gasteiger partial charge is 0.385 e. The minimum atomic E-state index is -1.50. The Bertz CT molecular complexity index is 1040. The molecule has 1 aromatic carbocycles. The third-order valence-electron chi connectivity index (χ3n) is 5.35. The molecule has 178 valence electrons. The number of hydrogen-bond donors (Lipinski definition) is 1. The second-order valence-corrected chi connectivity index (χ2v) is 9.89. The number of allylic oxidation sites excluding steroid dienone is 1. The number of halogens is 4. The van der Waals surface area contributed by atoms with E-state index < -0.39 is 23.6 Å². The van der Waals surface area contributed by atoms with Crippen LogP contribution in [-0.2, 0) is 20.8 Å². The molecule has 0 bridgehead atoms. The highest BCUT2D eigenvalue weighted by Crippen LogP contribution is 2.33. The average Bonchev–Trinajstić information content (AvgIpc) is 3.26. The summed E-state index contributed by atoms with van der Waals surface area (Å²) in [5, 5.41) is 7.49. The number of dihydropyridines is 1. The lowest BCUT2D eigenvalue weighted by Crippen LogP contribution is -2.48. The number of nitrogens with zero attached hydrogens (tertiary/aromatic N) is 2. The summed E-state index contributed by atoms with van der Waals surface area (Å²) in [5.74, 6) is -3.99. The zero-order valence-electron chi connectivity index (χ0n) is 17.9. The Balaban J connectivity index is 1.51. The molecule has 2 aliphatic rings. The fourth-order valence-corrected chi connectivity index (χ4v) is 5.11. The zero-order valence-corrected chi connectivity index (χ0v) is 20.3. The molecule has 2 aliphatic heterocycles. The van der Waals surface area contributed by atoms with Gasteiger partial charge in [-0.05, 0) is 30.7 Å². The Morgan fingerprint density at radius 2 is 2.06 bits per heavy atom. The molecule has 4 atom stereocenters. The topological polar surface area (TPSA) is 57.5 Å². The van der Waals surface area contributed by atoms with Gasteiger partial charge in [-0.25, -0.2) is 13.2 Å². The van der Waals surface area contributed by atoms with Crippen LogP contribution in [0.3, 0.4) is 0 Å². The van der Waals surface area contributed by atoms with E-state index in [1.54, 1.807) is 18.0 Å². The van der Waals surface area contributed by atoms with Crippen LogP contribution in [0.1, 0.15) is 6.92 Å². The predicted molar refractivity (Wildman–Crippen MR) is 123 cm³/mol. The van der Waals surface area contributed by atoms with E-state index in [0.717, 1.165) is 28.1 Å². The first-order valence-corrected chi connectivity index (χ1v) is 11.9. The molecule has 0 radical (unpaired) electrons. The molecule has 3 unspecified atom stereocenters. The van der Waals surface area contributed by atoms with Gasteiger partial charge in [0.05, 0.1) is 25.5 Å². The van der Waals surface area contributed by atoms with E-state index >= 15 is 0 Å². The summed E-state index contributed by atoms with van der Waals surface area (Å²) < 4.78 is 60.7. The molecule has 0 saturated carbocycles. The lowest BCUT2D eigenvalue weighted by Gasteiger charge is -2.38. The van der Waals surface area contributed by atoms with Crippen LogP contribution in [0.25, 0.3) is 11.1 Å². The highest BCUT2D eigenvalue weighted by molar-refractivity contribution is 9.11. The van der Waals surface area contributed by atoms with Crippen LogP contribution in [0.5, 0.6) is 0 Å². The van der Waals surface area contributed by atoms with Crippen molar-refractivity contribution in [3.8, 4) is 11.1 Å². The molecule has 1 saturated heterocycles. The molecular formula is C22H23BrF3N3O3S. The third-order valence-corrected chi connectivity index (χ3v) is 7.01. The molecule has 3 heterocycles. The molecule has 1 aromatic heterocycles. The van der Waals surface area contributed by atoms with E-state index in [4.69, 9.17) is 14.2 Å². The normalized spacial score (nSPS) is 22.1. The molecule has 6 nitrogen and oxygen atoms in total. The molecule has 11 heteroatoms. The first-order chi connectivity index (χ1) is 15.8. The highest BCUT2D eigenvalue weighted by Gasteiger charge is 2.35. The van der Waals surface area contributed by atoms with E-state index in [9.17, 15) is 13.2 Å². The fraction of sp³-hybridized carbons (Fsp3) is 0.409. The van der Waals surface area contributed by atoms with Crippen molar-refractivity contribution in [2.45, 2.75) is 37.2 Å². The van der Waals surface area contributed by atoms with Crippen LogP contribution in [0.15, 0.2) is 46.2 Å². The summed E-state index contributed by atoms with van der Waals surface area (Å²) in [6.07, 6.45) is 6.59. The quantitative estimate of drug-likeness (QED) is 0.368. The number of hydrogen-bond acceptors (Lipinski definition) is 6. The van der Waals surface area contributed by atoms with Crippen LogP contribution in [0.2, 0.25) is 0 Å². The summed E-state index contributed by atoms with van der Waals surface area (Å²) in [5.41, 5.74) is 0.282. The fourth-order valence-electron chi connectivity index (χ4n) is 3.37. The number of methoxy groups -OCH3 is 1. The Labute approximate surface area is 202 Å². The first-order valence-electron chi connectivity index (χ1n) is 10.3. The number of nitrogens with one attached hydrogen (secondary N) is 1. The van der Waals surface area contributed by atoms with Gasteiger partial charge in [0.15, 0.2) is 17.5 Å². The van der Waals surface area contributed by atoms with Gasteiger partial charge in [0, 0.05) is 41.0 Å². The van der Waals surface area contributed by atoms with Gasteiger partial charge in [0.1, 0.15) is 17.6 Å². The van der Waals surface area contributed by atoms with Crippen LogP contribution >= 0.6 is 27.7 Å². The van der Waals surface area contributed by atoms with E-state index in [1.165, 1.54) is 18.0 Å². The average molecular weight is 546 g/mol. The number of ether oxygens (including phenoxy) is 3. The van der Waals surface area contributed by atoms with Crippen molar-refractivity contribution in [1.29, 1.82) is 0 Å². The van der Waals surface area contributed by atoms with Gasteiger partial charge in [0.2, 0.25) is 0 Å². The Hall–Kier alpha value is -1.79. The maximum atomic E-state index is 13.6. The van der Waals surface area contributed by atoms with Crippen LogP contribution in [0.4, 0.5) is 13.2 Å². The lowest BCUT2D eigenvalue weighted by atomic mass is 10.1. The van der Waals surface area contributed by atoms with Crippen molar-refractivity contribution in [2.75, 3.05) is 20.3 Å². The number of rotatable bonds is 9. The predicted octanol–water partition coefficient (Wildman–Crippen LogP) is 4.57. The van der Waals surface area contributed by atoms with Gasteiger partial charge in [-0.1, -0.05) is 27.7 Å². The van der Waals surface area contributed by atoms with Gasteiger partial charge >= 0.3 is 0 Å². The summed E-state index contributed by atoms with van der Waals surface area (Å²) in [6, 6.07) is 1.89. The minimum absolute atomic E-state index is 0.00841. The summed E-state index contributed by atoms with van der Waals surface area (Å²) >= 11 is 5.03. The molecule has 1 fully saturated rings. The van der Waals surface area contributed by atoms with Gasteiger partial charge in [-0.15, -0.1) is 0 Å². The second-order valence-electron chi connectivity index (χ2n) is 7.70. The SMILES string of the molecule is CO[C@@H](Cn1cc(-c2cc(F)c(F)c(F)c2)cn1)C(OC1COC1C)SC1=CNCC(Br)=C1. The molecule has 4 rings (SSSR count). The van der Waals surface area contributed by atoms with Crippen molar-refractivity contribution in [3.63, 3.8) is 0 Å². The van der Waals surface area contributed by atoms with Gasteiger partial charge < -0.3 is 19.5 Å². The van der Waals surface area contributed by atoms with Crippen molar-refractivity contribution in [3.05, 3.63) is 63.6 Å². The van der Waals surface area contributed by atoms with Crippen LogP contribution in [-0.4, -0.2) is 53.8 Å². The van der Waals surface area contributed by atoms with Gasteiger partial charge in [0.25, 0.3) is 0 Å². The molecule has 0 amide bonds. The highest BCUT2D eigenvalue weighted by atomic mass is 79.9. The maximum Gasteiger partial charge on any atom is 0.194 e. The van der Waals surface area contributed by atoms with Crippen LogP contribution in [0, 0.1) is 17.5 Å². The molecule has 0 spiro atoms. The molecule has 1 N–H and O–H groups in total. The van der Waals surface area contributed by atoms with Gasteiger partial charge in [-0.2, -0.15) is 5.10 Å². The summed E-state index contributed by atoms with van der Waals surface area (Å²) in [7, 11) is 1.59. The number of benzene rings is 1. The molecule has 0 aliphatic carbocycles. The summed E-state index contributed by atoms with van der Waals surface area (Å²) in [6.45, 7) is 3.51. The standard InChI is InChI=1S/C22H23BrF3N3O3S/c1-12-20(11-31-12)32-22(33-16-5-15(23)7-27-8-16)19(30-2)10-29-9-14(6-28-29)13-3-17(24)21(26)18(25)4-13/h3-6,8-9,12,19-20,22,27H,7,10-11H2,1-2H3/t12?,19-,20?,22?/m0/s1. The van der Waals surface area contributed by atoms with Crippen molar-refractivity contribution < 1.29 is 27.4 Å². The number of thioether (sulfide) groups is 1. The molecule has 2 aromatic rings. The van der Waals surface area contributed by atoms with Crippen molar-refractivity contribution >= 4 is 27.7 Å². The third kappa shape index (κ3) is 5.83. The van der Waals surface area contributed by atoms with Gasteiger partial charge in [-0.3, -0.25) is 4.68 Å². The zero-order chi connectivity index (χ0) is 23.5. The van der Waals surface area contributed by atoms with Crippen molar-refractivity contribution in [2.24, 2.45) is 0 Å². The Kier molecular flexibility index (Phi) is 7.85. The van der Waals surface area contributed by atoms with Crippen LogP contribution < -0.4 is 5.32 Å². The van der Waals surface area contributed by atoms with E-state index in [1.807, 2.05) is 19.2 Å². The Morgan fingerprint density at radius 1 is 1.30 bits per heavy atom. The second kappa shape index (κ2) is 10.6. The van der Waals surface area contributed by atoms with E-state index in [2.05, 4.69) is 26.3 Å². The van der Waals surface area contributed by atoms with Crippen molar-refractivity contribution in [1.82, 2.24) is 15.1 Å². The molecule has 33 heavy (non-hydrogen) atoms. The lowest BCUT2D eigenvalue weighted by molar-refractivity contribution is -0.198.